The van der Waals surface area contributed by atoms with Crippen molar-refractivity contribution in [2.24, 2.45) is 0 Å². The van der Waals surface area contributed by atoms with Crippen molar-refractivity contribution in [3.63, 3.8) is 0 Å². The maximum atomic E-state index is 13.5. The first-order valence-electron chi connectivity index (χ1n) is 8.53. The van der Waals surface area contributed by atoms with E-state index in [0.717, 1.165) is 37.6 Å². The summed E-state index contributed by atoms with van der Waals surface area (Å²) in [6.07, 6.45) is 0. The van der Waals surface area contributed by atoms with Gasteiger partial charge in [0.05, 0.1) is 24.6 Å². The Labute approximate surface area is 151 Å². The number of aromatic nitrogens is 2. The standard InChI is InChI=1S/C20H19FN4O/c21-16-3-1-2-15(12-16)19-13-18(23-20(22)24-19)14-4-6-17(7-5-14)25-8-10-26-11-9-25/h1-7,12-13H,8-11H2,(H2,22,23,24). The predicted octanol–water partition coefficient (Wildman–Crippen LogP) is 3.37. The second kappa shape index (κ2) is 7.09. The minimum atomic E-state index is -0.309. The largest absolute Gasteiger partial charge is 0.378 e. The summed E-state index contributed by atoms with van der Waals surface area (Å²) in [5.74, 6) is -0.143. The number of hydrogen-bond acceptors (Lipinski definition) is 5. The lowest BCUT2D eigenvalue weighted by atomic mass is 10.1. The number of morpholine rings is 1. The summed E-state index contributed by atoms with van der Waals surface area (Å²) >= 11 is 0. The molecule has 2 heterocycles. The Morgan fingerprint density at radius 1 is 0.885 bits per heavy atom. The Morgan fingerprint density at radius 2 is 1.58 bits per heavy atom. The van der Waals surface area contributed by atoms with Gasteiger partial charge in [-0.3, -0.25) is 0 Å². The van der Waals surface area contributed by atoms with E-state index in [1.807, 2.05) is 18.2 Å². The molecule has 1 fully saturated rings. The molecule has 0 saturated carbocycles. The molecule has 0 unspecified atom stereocenters. The number of ether oxygens (including phenoxy) is 1. The second-order valence-electron chi connectivity index (χ2n) is 6.15. The van der Waals surface area contributed by atoms with E-state index < -0.39 is 0 Å². The van der Waals surface area contributed by atoms with Crippen LogP contribution in [-0.4, -0.2) is 36.3 Å². The molecular weight excluding hydrogens is 331 g/mol. The lowest BCUT2D eigenvalue weighted by molar-refractivity contribution is 0.122. The van der Waals surface area contributed by atoms with Crippen LogP contribution >= 0.6 is 0 Å². The number of anilines is 2. The highest BCUT2D eigenvalue weighted by molar-refractivity contribution is 5.70. The molecule has 5 nitrogen and oxygen atoms in total. The molecule has 1 aliphatic heterocycles. The molecule has 2 N–H and O–H groups in total. The van der Waals surface area contributed by atoms with Crippen LogP contribution in [0.15, 0.2) is 54.6 Å². The Morgan fingerprint density at radius 3 is 2.27 bits per heavy atom. The van der Waals surface area contributed by atoms with Gasteiger partial charge in [-0.05, 0) is 30.3 Å². The average Bonchev–Trinajstić information content (AvgIpc) is 2.68. The molecule has 0 spiro atoms. The Kier molecular flexibility index (Phi) is 4.50. The van der Waals surface area contributed by atoms with Gasteiger partial charge < -0.3 is 15.4 Å². The van der Waals surface area contributed by atoms with Crippen molar-refractivity contribution in [2.75, 3.05) is 36.9 Å². The minimum absolute atomic E-state index is 0.166. The van der Waals surface area contributed by atoms with Crippen molar-refractivity contribution in [1.82, 2.24) is 9.97 Å². The molecule has 1 aliphatic rings. The topological polar surface area (TPSA) is 64.3 Å². The van der Waals surface area contributed by atoms with E-state index in [2.05, 4.69) is 27.0 Å². The maximum Gasteiger partial charge on any atom is 0.221 e. The maximum absolute atomic E-state index is 13.5. The number of nitrogen functional groups attached to an aromatic ring is 1. The number of benzene rings is 2. The zero-order valence-corrected chi connectivity index (χ0v) is 14.2. The summed E-state index contributed by atoms with van der Waals surface area (Å²) in [5, 5.41) is 0. The van der Waals surface area contributed by atoms with Gasteiger partial charge in [0.2, 0.25) is 5.95 Å². The Hall–Kier alpha value is -2.99. The van der Waals surface area contributed by atoms with Crippen molar-refractivity contribution >= 4 is 11.6 Å². The normalized spacial score (nSPS) is 14.4. The van der Waals surface area contributed by atoms with Gasteiger partial charge in [0.1, 0.15) is 5.82 Å². The summed E-state index contributed by atoms with van der Waals surface area (Å²) in [7, 11) is 0. The lowest BCUT2D eigenvalue weighted by Crippen LogP contribution is -2.36. The van der Waals surface area contributed by atoms with Gasteiger partial charge in [-0.25, -0.2) is 14.4 Å². The fourth-order valence-corrected chi connectivity index (χ4v) is 3.07. The van der Waals surface area contributed by atoms with Crippen LogP contribution in [0.1, 0.15) is 0 Å². The molecule has 1 saturated heterocycles. The number of rotatable bonds is 3. The van der Waals surface area contributed by atoms with Crippen LogP contribution in [0.3, 0.4) is 0 Å². The van der Waals surface area contributed by atoms with Gasteiger partial charge in [0, 0.05) is 29.9 Å². The molecule has 0 atom stereocenters. The van der Waals surface area contributed by atoms with Crippen molar-refractivity contribution < 1.29 is 9.13 Å². The summed E-state index contributed by atoms with van der Waals surface area (Å²) in [5.41, 5.74) is 9.96. The van der Waals surface area contributed by atoms with Crippen molar-refractivity contribution in [2.45, 2.75) is 0 Å². The Bertz CT molecular complexity index is 908. The molecule has 0 radical (unpaired) electrons. The van der Waals surface area contributed by atoms with Gasteiger partial charge in [-0.2, -0.15) is 0 Å². The summed E-state index contributed by atoms with van der Waals surface area (Å²) in [6, 6.07) is 16.3. The van der Waals surface area contributed by atoms with Crippen LogP contribution < -0.4 is 10.6 Å². The van der Waals surface area contributed by atoms with Crippen molar-refractivity contribution in [3.8, 4) is 22.5 Å². The summed E-state index contributed by atoms with van der Waals surface area (Å²) in [4.78, 5) is 10.9. The molecule has 26 heavy (non-hydrogen) atoms. The van der Waals surface area contributed by atoms with Crippen molar-refractivity contribution in [3.05, 3.63) is 60.4 Å². The highest BCUT2D eigenvalue weighted by atomic mass is 19.1. The monoisotopic (exact) mass is 350 g/mol. The SMILES string of the molecule is Nc1nc(-c2ccc(N3CCOCC3)cc2)cc(-c2cccc(F)c2)n1. The van der Waals surface area contributed by atoms with E-state index in [9.17, 15) is 4.39 Å². The van der Waals surface area contributed by atoms with Crippen LogP contribution in [0.4, 0.5) is 16.0 Å². The quantitative estimate of drug-likeness (QED) is 0.785. The Balaban J connectivity index is 1.65. The average molecular weight is 350 g/mol. The van der Waals surface area contributed by atoms with E-state index >= 15 is 0 Å². The van der Waals surface area contributed by atoms with Gasteiger partial charge in [-0.15, -0.1) is 0 Å². The fraction of sp³-hybridized carbons (Fsp3) is 0.200. The van der Waals surface area contributed by atoms with E-state index in [1.54, 1.807) is 12.1 Å². The minimum Gasteiger partial charge on any atom is -0.378 e. The van der Waals surface area contributed by atoms with Gasteiger partial charge in [0.15, 0.2) is 0 Å². The van der Waals surface area contributed by atoms with Crippen LogP contribution in [0.25, 0.3) is 22.5 Å². The van der Waals surface area contributed by atoms with Crippen LogP contribution in [-0.2, 0) is 4.74 Å². The first-order valence-corrected chi connectivity index (χ1v) is 8.53. The summed E-state index contributed by atoms with van der Waals surface area (Å²) < 4.78 is 18.9. The number of halogens is 1. The molecule has 6 heteroatoms. The summed E-state index contributed by atoms with van der Waals surface area (Å²) in [6.45, 7) is 3.29. The first-order chi connectivity index (χ1) is 12.7. The number of nitrogens with zero attached hydrogens (tertiary/aromatic N) is 3. The smallest absolute Gasteiger partial charge is 0.221 e. The number of hydrogen-bond donors (Lipinski definition) is 1. The molecule has 2 aromatic carbocycles. The van der Waals surface area contributed by atoms with E-state index in [-0.39, 0.29) is 11.8 Å². The first kappa shape index (κ1) is 16.5. The fourth-order valence-electron chi connectivity index (χ4n) is 3.07. The van der Waals surface area contributed by atoms with Crippen LogP contribution in [0.5, 0.6) is 0 Å². The molecule has 4 rings (SSSR count). The van der Waals surface area contributed by atoms with Gasteiger partial charge >= 0.3 is 0 Å². The van der Waals surface area contributed by atoms with E-state index in [1.165, 1.54) is 12.1 Å². The third-order valence-corrected chi connectivity index (χ3v) is 4.40. The lowest BCUT2D eigenvalue weighted by Gasteiger charge is -2.28. The van der Waals surface area contributed by atoms with E-state index in [0.29, 0.717) is 17.0 Å². The van der Waals surface area contributed by atoms with Crippen LogP contribution in [0, 0.1) is 5.82 Å². The highest BCUT2D eigenvalue weighted by Crippen LogP contribution is 2.27. The third-order valence-electron chi connectivity index (χ3n) is 4.40. The molecule has 0 amide bonds. The third kappa shape index (κ3) is 3.50. The zero-order chi connectivity index (χ0) is 17.9. The van der Waals surface area contributed by atoms with Gasteiger partial charge in [0.25, 0.3) is 0 Å². The predicted molar refractivity (Wildman–Crippen MR) is 100 cm³/mol. The second-order valence-corrected chi connectivity index (χ2v) is 6.15. The molecule has 0 aliphatic carbocycles. The highest BCUT2D eigenvalue weighted by Gasteiger charge is 2.12. The number of nitrogens with two attached hydrogens (primary N) is 1. The molecule has 3 aromatic rings. The zero-order valence-electron chi connectivity index (χ0n) is 14.2. The molecule has 0 bridgehead atoms. The molecule has 1 aromatic heterocycles. The molecule has 132 valence electrons. The van der Waals surface area contributed by atoms with Crippen LogP contribution in [0.2, 0.25) is 0 Å². The molecular formula is C20H19FN4O. The van der Waals surface area contributed by atoms with Gasteiger partial charge in [-0.1, -0.05) is 24.3 Å². The van der Waals surface area contributed by atoms with E-state index in [4.69, 9.17) is 10.5 Å². The van der Waals surface area contributed by atoms with Crippen molar-refractivity contribution in [1.29, 1.82) is 0 Å².